The molecule has 2 aromatic rings. The van der Waals surface area contributed by atoms with E-state index in [-0.39, 0.29) is 5.92 Å². The SMILES string of the molecule is O=C(C1CCC1)N1CCN(Cc2noc(-c3ccc(Cl)cc3Cl)n2)CC1. The quantitative estimate of drug-likeness (QED) is 0.793. The first-order valence-electron chi connectivity index (χ1n) is 8.89. The first-order chi connectivity index (χ1) is 12.6. The Bertz CT molecular complexity index is 798. The zero-order valence-electron chi connectivity index (χ0n) is 14.3. The molecule has 1 saturated carbocycles. The van der Waals surface area contributed by atoms with Gasteiger partial charge in [0.25, 0.3) is 5.89 Å². The zero-order valence-corrected chi connectivity index (χ0v) is 15.8. The number of carbonyl (C=O) groups excluding carboxylic acids is 1. The molecule has 138 valence electrons. The topological polar surface area (TPSA) is 62.5 Å². The van der Waals surface area contributed by atoms with E-state index >= 15 is 0 Å². The average Bonchev–Trinajstić information content (AvgIpc) is 3.02. The van der Waals surface area contributed by atoms with Crippen LogP contribution in [0.5, 0.6) is 0 Å². The van der Waals surface area contributed by atoms with Crippen LogP contribution in [0.4, 0.5) is 0 Å². The Morgan fingerprint density at radius 3 is 2.62 bits per heavy atom. The number of nitrogens with zero attached hydrogens (tertiary/aromatic N) is 4. The molecule has 1 aliphatic carbocycles. The van der Waals surface area contributed by atoms with Gasteiger partial charge in [-0.2, -0.15) is 4.98 Å². The van der Waals surface area contributed by atoms with Crippen LogP contribution in [0.2, 0.25) is 10.0 Å². The summed E-state index contributed by atoms with van der Waals surface area (Å²) in [4.78, 5) is 21.0. The second kappa shape index (κ2) is 7.55. The summed E-state index contributed by atoms with van der Waals surface area (Å²) >= 11 is 12.1. The van der Waals surface area contributed by atoms with Crippen molar-refractivity contribution < 1.29 is 9.32 Å². The van der Waals surface area contributed by atoms with Crippen molar-refractivity contribution in [1.82, 2.24) is 19.9 Å². The van der Waals surface area contributed by atoms with Gasteiger partial charge in [-0.1, -0.05) is 34.8 Å². The average molecular weight is 395 g/mol. The second-order valence-corrected chi connectivity index (χ2v) is 7.71. The van der Waals surface area contributed by atoms with E-state index in [1.165, 1.54) is 6.42 Å². The van der Waals surface area contributed by atoms with E-state index in [0.717, 1.165) is 39.0 Å². The van der Waals surface area contributed by atoms with Gasteiger partial charge >= 0.3 is 0 Å². The fourth-order valence-electron chi connectivity index (χ4n) is 3.33. The maximum atomic E-state index is 12.3. The van der Waals surface area contributed by atoms with Crippen LogP contribution in [0, 0.1) is 5.92 Å². The van der Waals surface area contributed by atoms with Crippen molar-refractivity contribution in [2.75, 3.05) is 26.2 Å². The van der Waals surface area contributed by atoms with E-state index in [1.54, 1.807) is 18.2 Å². The third-order valence-corrected chi connectivity index (χ3v) is 5.68. The summed E-state index contributed by atoms with van der Waals surface area (Å²) in [7, 11) is 0. The highest BCUT2D eigenvalue weighted by molar-refractivity contribution is 6.36. The maximum Gasteiger partial charge on any atom is 0.259 e. The number of hydrogen-bond acceptors (Lipinski definition) is 5. The highest BCUT2D eigenvalue weighted by atomic mass is 35.5. The summed E-state index contributed by atoms with van der Waals surface area (Å²) in [5, 5.41) is 5.10. The molecule has 0 spiro atoms. The normalized spacial score (nSPS) is 18.8. The van der Waals surface area contributed by atoms with Gasteiger partial charge in [0.05, 0.1) is 17.1 Å². The minimum atomic E-state index is 0.269. The van der Waals surface area contributed by atoms with Crippen LogP contribution in [0.3, 0.4) is 0 Å². The zero-order chi connectivity index (χ0) is 18.1. The van der Waals surface area contributed by atoms with Gasteiger partial charge in [-0.05, 0) is 31.0 Å². The van der Waals surface area contributed by atoms with Crippen LogP contribution >= 0.6 is 23.2 Å². The van der Waals surface area contributed by atoms with Gasteiger partial charge in [-0.25, -0.2) is 0 Å². The Hall–Kier alpha value is -1.63. The first-order valence-corrected chi connectivity index (χ1v) is 9.65. The minimum absolute atomic E-state index is 0.269. The maximum absolute atomic E-state index is 12.3. The van der Waals surface area contributed by atoms with Crippen molar-refractivity contribution in [2.24, 2.45) is 5.92 Å². The number of amides is 1. The molecule has 1 saturated heterocycles. The molecule has 1 aromatic carbocycles. The highest BCUT2D eigenvalue weighted by Gasteiger charge is 2.31. The van der Waals surface area contributed by atoms with Crippen molar-refractivity contribution in [2.45, 2.75) is 25.8 Å². The molecule has 1 aromatic heterocycles. The standard InChI is InChI=1S/C18H20Cl2N4O2/c19-13-4-5-14(15(20)10-13)17-21-16(22-26-17)11-23-6-8-24(9-7-23)18(25)12-2-1-3-12/h4-5,10,12H,1-3,6-9,11H2. The van der Waals surface area contributed by atoms with Crippen LogP contribution in [-0.4, -0.2) is 52.0 Å². The molecule has 0 atom stereocenters. The lowest BCUT2D eigenvalue weighted by atomic mass is 9.84. The van der Waals surface area contributed by atoms with Crippen LogP contribution in [0.25, 0.3) is 11.5 Å². The number of carbonyl (C=O) groups is 1. The molecule has 4 rings (SSSR count). The number of benzene rings is 1. The van der Waals surface area contributed by atoms with E-state index in [9.17, 15) is 4.79 Å². The summed E-state index contributed by atoms with van der Waals surface area (Å²) in [5.74, 6) is 1.60. The lowest BCUT2D eigenvalue weighted by molar-refractivity contribution is -0.140. The molecule has 2 fully saturated rings. The molecule has 1 amide bonds. The van der Waals surface area contributed by atoms with Gasteiger partial charge in [-0.15, -0.1) is 0 Å². The van der Waals surface area contributed by atoms with Gasteiger partial charge in [0.2, 0.25) is 5.91 Å². The molecular weight excluding hydrogens is 375 g/mol. The second-order valence-electron chi connectivity index (χ2n) is 6.87. The number of rotatable bonds is 4. The van der Waals surface area contributed by atoms with Crippen molar-refractivity contribution in [1.29, 1.82) is 0 Å². The van der Waals surface area contributed by atoms with Gasteiger partial charge in [0, 0.05) is 37.1 Å². The van der Waals surface area contributed by atoms with E-state index in [1.807, 2.05) is 4.90 Å². The molecule has 0 unspecified atom stereocenters. The molecule has 0 bridgehead atoms. The monoisotopic (exact) mass is 394 g/mol. The summed E-state index contributed by atoms with van der Waals surface area (Å²) in [6.07, 6.45) is 3.30. The lowest BCUT2D eigenvalue weighted by Gasteiger charge is -2.37. The molecular formula is C18H20Cl2N4O2. The molecule has 8 heteroatoms. The molecule has 1 aliphatic heterocycles. The van der Waals surface area contributed by atoms with Gasteiger partial charge in [-0.3, -0.25) is 9.69 Å². The summed E-state index contributed by atoms with van der Waals surface area (Å²) in [5.41, 5.74) is 0.672. The van der Waals surface area contributed by atoms with Crippen molar-refractivity contribution >= 4 is 29.1 Å². The molecule has 26 heavy (non-hydrogen) atoms. The van der Waals surface area contributed by atoms with Crippen molar-refractivity contribution in [3.8, 4) is 11.5 Å². The number of aromatic nitrogens is 2. The van der Waals surface area contributed by atoms with Gasteiger partial charge in [0.1, 0.15) is 0 Å². The van der Waals surface area contributed by atoms with Gasteiger partial charge < -0.3 is 9.42 Å². The number of piperazine rings is 1. The Kier molecular flexibility index (Phi) is 5.16. The van der Waals surface area contributed by atoms with E-state index < -0.39 is 0 Å². The Morgan fingerprint density at radius 2 is 1.96 bits per heavy atom. The predicted molar refractivity (Wildman–Crippen MR) is 99.0 cm³/mol. The Balaban J connectivity index is 1.34. The van der Waals surface area contributed by atoms with Crippen molar-refractivity contribution in [3.63, 3.8) is 0 Å². The third kappa shape index (κ3) is 3.72. The van der Waals surface area contributed by atoms with Crippen LogP contribution in [0.15, 0.2) is 22.7 Å². The summed E-state index contributed by atoms with van der Waals surface area (Å²) < 4.78 is 5.35. The molecule has 2 aliphatic rings. The van der Waals surface area contributed by atoms with Crippen LogP contribution in [0.1, 0.15) is 25.1 Å². The largest absolute Gasteiger partial charge is 0.340 e. The van der Waals surface area contributed by atoms with Crippen LogP contribution in [-0.2, 0) is 11.3 Å². The minimum Gasteiger partial charge on any atom is -0.340 e. The lowest BCUT2D eigenvalue weighted by Crippen LogP contribution is -2.50. The summed E-state index contributed by atoms with van der Waals surface area (Å²) in [6, 6.07) is 5.17. The number of hydrogen-bond donors (Lipinski definition) is 0. The molecule has 6 nitrogen and oxygen atoms in total. The first kappa shape index (κ1) is 17.8. The Morgan fingerprint density at radius 1 is 1.19 bits per heavy atom. The fraction of sp³-hybridized carbons (Fsp3) is 0.500. The molecule has 0 radical (unpaired) electrons. The third-order valence-electron chi connectivity index (χ3n) is 5.13. The van der Waals surface area contributed by atoms with E-state index in [0.29, 0.717) is 39.8 Å². The smallest absolute Gasteiger partial charge is 0.259 e. The molecule has 2 heterocycles. The number of halogens is 2. The van der Waals surface area contributed by atoms with Crippen molar-refractivity contribution in [3.05, 3.63) is 34.1 Å². The summed E-state index contributed by atoms with van der Waals surface area (Å²) in [6.45, 7) is 3.78. The van der Waals surface area contributed by atoms with Crippen LogP contribution < -0.4 is 0 Å². The fourth-order valence-corrected chi connectivity index (χ4v) is 3.82. The van der Waals surface area contributed by atoms with E-state index in [4.69, 9.17) is 27.7 Å². The molecule has 0 N–H and O–H groups in total. The van der Waals surface area contributed by atoms with Gasteiger partial charge in [0.15, 0.2) is 5.82 Å². The highest BCUT2D eigenvalue weighted by Crippen LogP contribution is 2.30. The Labute approximate surface area is 162 Å². The van der Waals surface area contributed by atoms with E-state index in [2.05, 4.69) is 15.0 Å². The predicted octanol–water partition coefficient (Wildman–Crippen LogP) is 3.49.